The van der Waals surface area contributed by atoms with E-state index < -0.39 is 5.91 Å². The average molecular weight is 308 g/mol. The number of hydrogen-bond acceptors (Lipinski definition) is 4. The van der Waals surface area contributed by atoms with Gasteiger partial charge in [0.1, 0.15) is 5.69 Å². The Balaban J connectivity index is 2.13. The molecule has 2 N–H and O–H groups in total. The van der Waals surface area contributed by atoms with Gasteiger partial charge in [0.2, 0.25) is 0 Å². The van der Waals surface area contributed by atoms with Crippen LogP contribution in [0.1, 0.15) is 40.3 Å². The molecule has 0 spiro atoms. The van der Waals surface area contributed by atoms with E-state index >= 15 is 0 Å². The third-order valence-corrected chi connectivity index (χ3v) is 2.95. The number of carbonyl (C=O) groups excluding carboxylic acids is 2. The van der Waals surface area contributed by atoms with Crippen LogP contribution >= 0.6 is 0 Å². The SMILES string of the molecule is CC(C)NC(=O)c1ccnc(C(=O)Nc2ccc(C#N)cc2)c1. The zero-order valence-electron chi connectivity index (χ0n) is 12.8. The van der Waals surface area contributed by atoms with E-state index in [1.165, 1.54) is 12.3 Å². The molecule has 6 heteroatoms. The van der Waals surface area contributed by atoms with Crippen molar-refractivity contribution in [3.63, 3.8) is 0 Å². The molecule has 1 aromatic heterocycles. The number of nitrogens with one attached hydrogen (secondary N) is 2. The number of hydrogen-bond donors (Lipinski definition) is 2. The lowest BCUT2D eigenvalue weighted by Crippen LogP contribution is -2.30. The number of pyridine rings is 1. The van der Waals surface area contributed by atoms with Gasteiger partial charge in [-0.2, -0.15) is 5.26 Å². The van der Waals surface area contributed by atoms with E-state index in [1.54, 1.807) is 30.3 Å². The second-order valence-electron chi connectivity index (χ2n) is 5.20. The molecule has 0 atom stereocenters. The summed E-state index contributed by atoms with van der Waals surface area (Å²) in [5.74, 6) is -0.677. The van der Waals surface area contributed by atoms with E-state index in [9.17, 15) is 9.59 Å². The van der Waals surface area contributed by atoms with Gasteiger partial charge in [0.15, 0.2) is 0 Å². The van der Waals surface area contributed by atoms with Gasteiger partial charge in [0.05, 0.1) is 11.6 Å². The van der Waals surface area contributed by atoms with Gasteiger partial charge < -0.3 is 10.6 Å². The molecule has 0 saturated carbocycles. The van der Waals surface area contributed by atoms with Crippen LogP contribution in [-0.4, -0.2) is 22.8 Å². The summed E-state index contributed by atoms with van der Waals surface area (Å²) in [5, 5.41) is 14.2. The number of anilines is 1. The fourth-order valence-electron chi connectivity index (χ4n) is 1.86. The lowest BCUT2D eigenvalue weighted by atomic mass is 10.2. The molecule has 2 aromatic rings. The highest BCUT2D eigenvalue weighted by atomic mass is 16.2. The minimum absolute atomic E-state index is 0.00610. The number of carbonyl (C=O) groups is 2. The molecular formula is C17H16N4O2. The number of amides is 2. The number of nitrogens with zero attached hydrogens (tertiary/aromatic N) is 2. The predicted octanol–water partition coefficient (Wildman–Crippen LogP) is 2.34. The van der Waals surface area contributed by atoms with Crippen LogP contribution in [0.4, 0.5) is 5.69 Å². The molecule has 0 aliphatic heterocycles. The second-order valence-corrected chi connectivity index (χ2v) is 5.20. The highest BCUT2D eigenvalue weighted by Gasteiger charge is 2.12. The number of nitriles is 1. The van der Waals surface area contributed by atoms with Gasteiger partial charge in [0.25, 0.3) is 11.8 Å². The fourth-order valence-corrected chi connectivity index (χ4v) is 1.86. The van der Waals surface area contributed by atoms with E-state index in [1.807, 2.05) is 19.9 Å². The lowest BCUT2D eigenvalue weighted by molar-refractivity contribution is 0.0943. The van der Waals surface area contributed by atoms with Crippen LogP contribution in [0.25, 0.3) is 0 Å². The smallest absolute Gasteiger partial charge is 0.274 e. The standard InChI is InChI=1S/C17H16N4O2/c1-11(2)20-16(22)13-7-8-19-15(9-13)17(23)21-14-5-3-12(10-18)4-6-14/h3-9,11H,1-2H3,(H,20,22)(H,21,23). The van der Waals surface area contributed by atoms with Crippen LogP contribution in [0.2, 0.25) is 0 Å². The van der Waals surface area contributed by atoms with Crippen molar-refractivity contribution in [1.82, 2.24) is 10.3 Å². The molecule has 0 bridgehead atoms. The highest BCUT2D eigenvalue weighted by molar-refractivity contribution is 6.04. The molecule has 0 saturated heterocycles. The minimum Gasteiger partial charge on any atom is -0.350 e. The first kappa shape index (κ1) is 16.2. The first-order valence-electron chi connectivity index (χ1n) is 7.08. The molecule has 1 aromatic carbocycles. The first-order valence-corrected chi connectivity index (χ1v) is 7.08. The topological polar surface area (TPSA) is 94.9 Å². The highest BCUT2D eigenvalue weighted by Crippen LogP contribution is 2.11. The molecule has 0 aliphatic carbocycles. The zero-order chi connectivity index (χ0) is 16.8. The van der Waals surface area contributed by atoms with Gasteiger partial charge in [-0.05, 0) is 50.2 Å². The number of benzene rings is 1. The summed E-state index contributed by atoms with van der Waals surface area (Å²) >= 11 is 0. The molecule has 6 nitrogen and oxygen atoms in total. The Morgan fingerprint density at radius 2 is 1.83 bits per heavy atom. The zero-order valence-corrected chi connectivity index (χ0v) is 12.8. The average Bonchev–Trinajstić information content (AvgIpc) is 2.55. The van der Waals surface area contributed by atoms with Crippen molar-refractivity contribution in [3.8, 4) is 6.07 Å². The van der Waals surface area contributed by atoms with Crippen LogP contribution < -0.4 is 10.6 Å². The summed E-state index contributed by atoms with van der Waals surface area (Å²) < 4.78 is 0. The van der Waals surface area contributed by atoms with Crippen molar-refractivity contribution in [2.24, 2.45) is 0 Å². The molecule has 0 fully saturated rings. The number of rotatable bonds is 4. The van der Waals surface area contributed by atoms with Crippen LogP contribution in [0, 0.1) is 11.3 Å². The normalized spacial score (nSPS) is 10.0. The van der Waals surface area contributed by atoms with Gasteiger partial charge >= 0.3 is 0 Å². The van der Waals surface area contributed by atoms with Gasteiger partial charge in [-0.3, -0.25) is 14.6 Å². The quantitative estimate of drug-likeness (QED) is 0.906. The number of aromatic nitrogens is 1. The molecule has 23 heavy (non-hydrogen) atoms. The Hall–Kier alpha value is -3.20. The molecule has 116 valence electrons. The van der Waals surface area contributed by atoms with Gasteiger partial charge in [-0.1, -0.05) is 0 Å². The van der Waals surface area contributed by atoms with Crippen molar-refractivity contribution in [2.45, 2.75) is 19.9 Å². The molecule has 0 unspecified atom stereocenters. The molecule has 0 radical (unpaired) electrons. The van der Waals surface area contributed by atoms with E-state index in [0.29, 0.717) is 16.8 Å². The Kier molecular flexibility index (Phi) is 5.05. The molecule has 2 amide bonds. The summed E-state index contributed by atoms with van der Waals surface area (Å²) in [4.78, 5) is 28.1. The minimum atomic E-state index is -0.422. The Bertz CT molecular complexity index is 761. The summed E-state index contributed by atoms with van der Waals surface area (Å²) in [7, 11) is 0. The Labute approximate surface area is 134 Å². The van der Waals surface area contributed by atoms with Gasteiger partial charge in [-0.15, -0.1) is 0 Å². The van der Waals surface area contributed by atoms with E-state index in [-0.39, 0.29) is 17.6 Å². The second kappa shape index (κ2) is 7.18. The van der Waals surface area contributed by atoms with Crippen LogP contribution in [-0.2, 0) is 0 Å². The third kappa shape index (κ3) is 4.38. The van der Waals surface area contributed by atoms with Crippen LogP contribution in [0.15, 0.2) is 42.6 Å². The summed E-state index contributed by atoms with van der Waals surface area (Å²) in [6, 6.07) is 11.5. The Morgan fingerprint density at radius 1 is 1.13 bits per heavy atom. The largest absolute Gasteiger partial charge is 0.350 e. The lowest BCUT2D eigenvalue weighted by Gasteiger charge is -2.09. The fraction of sp³-hybridized carbons (Fsp3) is 0.176. The van der Waals surface area contributed by atoms with Crippen molar-refractivity contribution in [1.29, 1.82) is 5.26 Å². The van der Waals surface area contributed by atoms with Crippen molar-refractivity contribution in [3.05, 3.63) is 59.4 Å². The van der Waals surface area contributed by atoms with Crippen molar-refractivity contribution >= 4 is 17.5 Å². The van der Waals surface area contributed by atoms with Crippen LogP contribution in [0.3, 0.4) is 0 Å². The van der Waals surface area contributed by atoms with Crippen molar-refractivity contribution in [2.75, 3.05) is 5.32 Å². The molecular weight excluding hydrogens is 292 g/mol. The van der Waals surface area contributed by atoms with Gasteiger partial charge in [-0.25, -0.2) is 0 Å². The first-order chi connectivity index (χ1) is 11.0. The monoisotopic (exact) mass is 308 g/mol. The van der Waals surface area contributed by atoms with E-state index in [2.05, 4.69) is 15.6 Å². The third-order valence-electron chi connectivity index (χ3n) is 2.95. The van der Waals surface area contributed by atoms with E-state index in [4.69, 9.17) is 5.26 Å². The molecule has 1 heterocycles. The Morgan fingerprint density at radius 3 is 2.43 bits per heavy atom. The summed E-state index contributed by atoms with van der Waals surface area (Å²) in [6.07, 6.45) is 1.42. The van der Waals surface area contributed by atoms with Gasteiger partial charge in [0, 0.05) is 23.5 Å². The maximum Gasteiger partial charge on any atom is 0.274 e. The van der Waals surface area contributed by atoms with Crippen molar-refractivity contribution < 1.29 is 9.59 Å². The summed E-state index contributed by atoms with van der Waals surface area (Å²) in [5.41, 5.74) is 1.57. The summed E-state index contributed by atoms with van der Waals surface area (Å²) in [6.45, 7) is 3.72. The maximum absolute atomic E-state index is 12.2. The molecule has 0 aliphatic rings. The molecule has 2 rings (SSSR count). The van der Waals surface area contributed by atoms with Crippen LogP contribution in [0.5, 0.6) is 0 Å². The van der Waals surface area contributed by atoms with E-state index in [0.717, 1.165) is 0 Å². The maximum atomic E-state index is 12.2. The predicted molar refractivity (Wildman–Crippen MR) is 85.9 cm³/mol.